The van der Waals surface area contributed by atoms with Gasteiger partial charge in [0.15, 0.2) is 0 Å². The molecule has 0 spiro atoms. The predicted molar refractivity (Wildman–Crippen MR) is 128 cm³/mol. The Kier molecular flexibility index (Phi) is 7.82. The van der Waals surface area contributed by atoms with Crippen LogP contribution < -0.4 is 16.2 Å². The Bertz CT molecular complexity index is 1190. The minimum absolute atomic E-state index is 0.156. The number of nitrogens with one attached hydrogen (secondary N) is 2. The number of fused-ring (bicyclic) bond motifs is 1. The fourth-order valence-corrected chi connectivity index (χ4v) is 3.73. The zero-order valence-electron chi connectivity index (χ0n) is 19.4. The number of carbonyl (C=O) groups is 2. The summed E-state index contributed by atoms with van der Waals surface area (Å²) in [5, 5.41) is 6.20. The summed E-state index contributed by atoms with van der Waals surface area (Å²) in [7, 11) is 0. The number of carbonyl (C=O) groups excluding carboxylic acids is 2. The number of hydrogen-bond acceptors (Lipinski definition) is 5. The van der Waals surface area contributed by atoms with E-state index in [4.69, 9.17) is 4.74 Å². The molecular weight excluding hydrogens is 420 g/mol. The lowest BCUT2D eigenvalue weighted by Gasteiger charge is -2.20. The second kappa shape index (κ2) is 10.8. The Balaban J connectivity index is 1.73. The highest BCUT2D eigenvalue weighted by molar-refractivity contribution is 5.94. The summed E-state index contributed by atoms with van der Waals surface area (Å²) >= 11 is 0. The lowest BCUT2D eigenvalue weighted by atomic mass is 10.0. The third-order valence-electron chi connectivity index (χ3n) is 5.19. The maximum atomic E-state index is 13.0. The number of ether oxygens (including phenoxy) is 1. The van der Waals surface area contributed by atoms with E-state index in [0.29, 0.717) is 40.3 Å². The monoisotopic (exact) mass is 450 g/mol. The fourth-order valence-electron chi connectivity index (χ4n) is 3.73. The number of rotatable bonds is 8. The Morgan fingerprint density at radius 1 is 1.09 bits per heavy atom. The van der Waals surface area contributed by atoms with E-state index in [0.717, 1.165) is 0 Å². The molecule has 2 aromatic carbocycles. The first-order valence-corrected chi connectivity index (χ1v) is 11.1. The van der Waals surface area contributed by atoms with Crippen molar-refractivity contribution in [1.82, 2.24) is 20.2 Å². The van der Waals surface area contributed by atoms with E-state index < -0.39 is 6.09 Å². The molecule has 0 saturated heterocycles. The number of hydrogen-bond donors (Lipinski definition) is 2. The molecule has 3 rings (SSSR count). The van der Waals surface area contributed by atoms with Crippen molar-refractivity contribution in [3.8, 4) is 5.69 Å². The highest BCUT2D eigenvalue weighted by Crippen LogP contribution is 2.14. The van der Waals surface area contributed by atoms with Crippen LogP contribution in [-0.4, -0.2) is 40.7 Å². The lowest BCUT2D eigenvalue weighted by Crippen LogP contribution is -2.44. The second-order valence-electron chi connectivity index (χ2n) is 8.26. The quantitative estimate of drug-likeness (QED) is 0.546. The SMILES string of the molecule is CCOC(=O)NC(CNC(=O)c1ccc(-n2c(C)nc3ccccc3c2=O)cc1)CC(C)C. The van der Waals surface area contributed by atoms with Crippen LogP contribution in [0.25, 0.3) is 16.6 Å². The second-order valence-corrected chi connectivity index (χ2v) is 8.26. The predicted octanol–water partition coefficient (Wildman–Crippen LogP) is 3.58. The zero-order valence-corrected chi connectivity index (χ0v) is 19.4. The van der Waals surface area contributed by atoms with Crippen molar-refractivity contribution >= 4 is 22.9 Å². The normalized spacial score (nSPS) is 11.9. The smallest absolute Gasteiger partial charge is 0.407 e. The highest BCUT2D eigenvalue weighted by Gasteiger charge is 2.17. The maximum Gasteiger partial charge on any atom is 0.407 e. The molecule has 0 fully saturated rings. The average molecular weight is 451 g/mol. The Hall–Kier alpha value is -3.68. The molecule has 0 aliphatic rings. The molecule has 1 aromatic heterocycles. The van der Waals surface area contributed by atoms with Crippen molar-refractivity contribution in [1.29, 1.82) is 0 Å². The molecule has 1 atom stereocenters. The van der Waals surface area contributed by atoms with Crippen LogP contribution in [0.5, 0.6) is 0 Å². The van der Waals surface area contributed by atoms with E-state index in [1.54, 1.807) is 44.2 Å². The molecule has 2 N–H and O–H groups in total. The molecule has 8 heteroatoms. The Morgan fingerprint density at radius 3 is 2.45 bits per heavy atom. The standard InChI is InChI=1S/C25H30N4O4/c1-5-33-25(32)28-19(14-16(2)3)15-26-23(30)18-10-12-20(13-11-18)29-17(4)27-22-9-7-6-8-21(22)24(29)31/h6-13,16,19H,5,14-15H2,1-4H3,(H,26,30)(H,28,32). The summed E-state index contributed by atoms with van der Waals surface area (Å²) in [6, 6.07) is 13.8. The molecule has 174 valence electrons. The molecule has 0 bridgehead atoms. The van der Waals surface area contributed by atoms with Crippen molar-refractivity contribution in [3.05, 3.63) is 70.3 Å². The van der Waals surface area contributed by atoms with Crippen LogP contribution in [0.3, 0.4) is 0 Å². The van der Waals surface area contributed by atoms with Gasteiger partial charge in [-0.05, 0) is 62.6 Å². The number of nitrogens with zero attached hydrogens (tertiary/aromatic N) is 2. The fraction of sp³-hybridized carbons (Fsp3) is 0.360. The van der Waals surface area contributed by atoms with Crippen molar-refractivity contribution in [2.24, 2.45) is 5.92 Å². The van der Waals surface area contributed by atoms with Gasteiger partial charge in [-0.3, -0.25) is 14.2 Å². The first kappa shape index (κ1) is 24.0. The minimum atomic E-state index is -0.494. The summed E-state index contributed by atoms with van der Waals surface area (Å²) in [6.07, 6.45) is 0.210. The molecule has 2 amide bonds. The van der Waals surface area contributed by atoms with E-state index in [1.165, 1.54) is 4.57 Å². The maximum absolute atomic E-state index is 13.0. The summed E-state index contributed by atoms with van der Waals surface area (Å²) in [5.74, 6) is 0.643. The van der Waals surface area contributed by atoms with E-state index in [-0.39, 0.29) is 30.7 Å². The lowest BCUT2D eigenvalue weighted by molar-refractivity contribution is 0.0944. The number of aromatic nitrogens is 2. The number of alkyl carbamates (subject to hydrolysis) is 1. The molecule has 0 saturated carbocycles. The van der Waals surface area contributed by atoms with Gasteiger partial charge < -0.3 is 15.4 Å². The van der Waals surface area contributed by atoms with Gasteiger partial charge in [0.05, 0.1) is 23.2 Å². The zero-order chi connectivity index (χ0) is 24.0. The summed E-state index contributed by atoms with van der Waals surface area (Å²) in [5.41, 5.74) is 1.59. The van der Waals surface area contributed by atoms with Crippen LogP contribution in [0.4, 0.5) is 4.79 Å². The summed E-state index contributed by atoms with van der Waals surface area (Å²) in [4.78, 5) is 41.9. The van der Waals surface area contributed by atoms with Gasteiger partial charge >= 0.3 is 6.09 Å². The van der Waals surface area contributed by atoms with Gasteiger partial charge in [-0.25, -0.2) is 9.78 Å². The molecule has 0 aliphatic heterocycles. The van der Waals surface area contributed by atoms with Crippen molar-refractivity contribution < 1.29 is 14.3 Å². The third-order valence-corrected chi connectivity index (χ3v) is 5.19. The Morgan fingerprint density at radius 2 is 1.79 bits per heavy atom. The van der Waals surface area contributed by atoms with Crippen LogP contribution in [-0.2, 0) is 4.74 Å². The van der Waals surface area contributed by atoms with Gasteiger partial charge in [0, 0.05) is 18.2 Å². The van der Waals surface area contributed by atoms with E-state index in [1.807, 2.05) is 32.0 Å². The molecule has 0 radical (unpaired) electrons. The number of amides is 2. The molecule has 0 aliphatic carbocycles. The highest BCUT2D eigenvalue weighted by atomic mass is 16.5. The van der Waals surface area contributed by atoms with Crippen molar-refractivity contribution in [3.63, 3.8) is 0 Å². The molecule has 8 nitrogen and oxygen atoms in total. The number of benzene rings is 2. The molecular formula is C25H30N4O4. The van der Waals surface area contributed by atoms with Crippen molar-refractivity contribution in [2.75, 3.05) is 13.2 Å². The van der Waals surface area contributed by atoms with Gasteiger partial charge in [-0.2, -0.15) is 0 Å². The average Bonchev–Trinajstić information content (AvgIpc) is 2.77. The van der Waals surface area contributed by atoms with Gasteiger partial charge in [-0.1, -0.05) is 26.0 Å². The minimum Gasteiger partial charge on any atom is -0.450 e. The largest absolute Gasteiger partial charge is 0.450 e. The summed E-state index contributed by atoms with van der Waals surface area (Å²) < 4.78 is 6.48. The van der Waals surface area contributed by atoms with Gasteiger partial charge in [0.1, 0.15) is 5.82 Å². The third kappa shape index (κ3) is 5.97. The first-order valence-electron chi connectivity index (χ1n) is 11.1. The molecule has 33 heavy (non-hydrogen) atoms. The van der Waals surface area contributed by atoms with Gasteiger partial charge in [0.2, 0.25) is 0 Å². The topological polar surface area (TPSA) is 102 Å². The van der Waals surface area contributed by atoms with Crippen LogP contribution >= 0.6 is 0 Å². The van der Waals surface area contributed by atoms with Crippen molar-refractivity contribution in [2.45, 2.75) is 40.2 Å². The van der Waals surface area contributed by atoms with E-state index in [2.05, 4.69) is 15.6 Å². The summed E-state index contributed by atoms with van der Waals surface area (Å²) in [6.45, 7) is 8.18. The molecule has 1 unspecified atom stereocenters. The van der Waals surface area contributed by atoms with Gasteiger partial charge in [0.25, 0.3) is 11.5 Å². The van der Waals surface area contributed by atoms with Crippen LogP contribution in [0, 0.1) is 12.8 Å². The Labute approximate surface area is 193 Å². The van der Waals surface area contributed by atoms with Crippen LogP contribution in [0.2, 0.25) is 0 Å². The van der Waals surface area contributed by atoms with Gasteiger partial charge in [-0.15, -0.1) is 0 Å². The first-order chi connectivity index (χ1) is 15.8. The van der Waals surface area contributed by atoms with E-state index >= 15 is 0 Å². The number of aryl methyl sites for hydroxylation is 1. The molecule has 1 heterocycles. The van der Waals surface area contributed by atoms with E-state index in [9.17, 15) is 14.4 Å². The van der Waals surface area contributed by atoms with Crippen LogP contribution in [0.1, 0.15) is 43.4 Å². The molecule has 3 aromatic rings. The number of para-hydroxylation sites is 1. The van der Waals surface area contributed by atoms with Crippen LogP contribution in [0.15, 0.2) is 53.3 Å².